The zero-order valence-corrected chi connectivity index (χ0v) is 14.4. The molecule has 0 bridgehead atoms. The fourth-order valence-corrected chi connectivity index (χ4v) is 2.17. The van der Waals surface area contributed by atoms with Crippen molar-refractivity contribution in [3.05, 3.63) is 63.7 Å². The van der Waals surface area contributed by atoms with Gasteiger partial charge >= 0.3 is 11.9 Å². The van der Waals surface area contributed by atoms with Crippen molar-refractivity contribution in [2.75, 3.05) is 5.12 Å². The van der Waals surface area contributed by atoms with E-state index in [4.69, 9.17) is 15.3 Å². The molecule has 2 aromatic rings. The molecule has 0 atom stereocenters. The van der Waals surface area contributed by atoms with Gasteiger partial charge in [0.25, 0.3) is 0 Å². The molecular weight excluding hydrogens is 358 g/mol. The minimum Gasteiger partial charge on any atom is -0.427 e. The Bertz CT molecular complexity index is 909. The maximum atomic E-state index is 12.6. The van der Waals surface area contributed by atoms with Gasteiger partial charge in [0, 0.05) is 25.0 Å². The van der Waals surface area contributed by atoms with Crippen LogP contribution < -0.4 is 20.4 Å². The number of ketones is 1. The van der Waals surface area contributed by atoms with E-state index >= 15 is 0 Å². The summed E-state index contributed by atoms with van der Waals surface area (Å²) in [6.45, 7) is 2.37. The Morgan fingerprint density at radius 1 is 0.963 bits per heavy atom. The second kappa shape index (κ2) is 8.06. The maximum absolute atomic E-state index is 12.6. The Hall–Kier alpha value is -3.79. The van der Waals surface area contributed by atoms with Crippen molar-refractivity contribution in [3.63, 3.8) is 0 Å². The summed E-state index contributed by atoms with van der Waals surface area (Å²) < 4.78 is 9.77. The van der Waals surface area contributed by atoms with E-state index in [1.54, 1.807) is 0 Å². The highest BCUT2D eigenvalue weighted by Crippen LogP contribution is 2.29. The van der Waals surface area contributed by atoms with Crippen molar-refractivity contribution in [1.82, 2.24) is 0 Å². The highest BCUT2D eigenvalue weighted by Gasteiger charge is 2.22. The molecule has 0 unspecified atom stereocenters. The average molecular weight is 373 g/mol. The normalized spacial score (nSPS) is 10.0. The summed E-state index contributed by atoms with van der Waals surface area (Å²) in [5, 5.41) is 10.2. The van der Waals surface area contributed by atoms with E-state index in [0.29, 0.717) is 0 Å². The topological polar surface area (TPSA) is 142 Å². The van der Waals surface area contributed by atoms with E-state index < -0.39 is 22.8 Å². The molecule has 0 saturated heterocycles. The molecule has 2 N–H and O–H groups in total. The molecule has 0 spiro atoms. The largest absolute Gasteiger partial charge is 0.427 e. The number of hydrogen-bond donors (Lipinski definition) is 1. The van der Waals surface area contributed by atoms with E-state index in [1.165, 1.54) is 43.3 Å². The van der Waals surface area contributed by atoms with Crippen LogP contribution in [0.5, 0.6) is 11.5 Å². The van der Waals surface area contributed by atoms with Gasteiger partial charge in [0.05, 0.1) is 0 Å². The summed E-state index contributed by atoms with van der Waals surface area (Å²) in [5.41, 5.74) is 0.0674. The summed E-state index contributed by atoms with van der Waals surface area (Å²) in [6, 6.07) is 9.48. The second-order valence-corrected chi connectivity index (χ2v) is 5.31. The molecule has 2 rings (SSSR count). The predicted molar refractivity (Wildman–Crippen MR) is 92.6 cm³/mol. The van der Waals surface area contributed by atoms with Crippen LogP contribution in [-0.2, 0) is 9.59 Å². The first kappa shape index (κ1) is 19.5. The first-order chi connectivity index (χ1) is 12.7. The van der Waals surface area contributed by atoms with Gasteiger partial charge in [0.1, 0.15) is 5.75 Å². The summed E-state index contributed by atoms with van der Waals surface area (Å²) in [6.07, 6.45) is 0. The number of carbonyl (C=O) groups excluding carboxylic acids is 3. The van der Waals surface area contributed by atoms with Gasteiger partial charge < -0.3 is 9.47 Å². The monoisotopic (exact) mass is 373 g/mol. The first-order valence-corrected chi connectivity index (χ1v) is 7.54. The number of hydrazine groups is 2. The van der Waals surface area contributed by atoms with Gasteiger partial charge in [-0.05, 0) is 47.6 Å². The van der Waals surface area contributed by atoms with Crippen molar-refractivity contribution in [3.8, 4) is 11.5 Å². The van der Waals surface area contributed by atoms with Crippen LogP contribution >= 0.6 is 0 Å². The molecule has 0 heterocycles. The number of esters is 2. The molecular formula is C17H15N3O7. The molecule has 0 aliphatic rings. The maximum Gasteiger partial charge on any atom is 0.308 e. The van der Waals surface area contributed by atoms with Crippen LogP contribution in [0.1, 0.15) is 29.8 Å². The summed E-state index contributed by atoms with van der Waals surface area (Å²) in [4.78, 5) is 45.6. The fourth-order valence-electron chi connectivity index (χ4n) is 2.17. The van der Waals surface area contributed by atoms with Gasteiger partial charge in [0.15, 0.2) is 22.3 Å². The summed E-state index contributed by atoms with van der Waals surface area (Å²) in [5.74, 6) is 3.82. The number of carbonyl (C=O) groups is 3. The standard InChI is InChI=1S/C17H15N3O7/c1-10(21)26-14-6-3-12(4-7-14)17(23)13-5-8-16(27-11(2)22)15(9-13)19(18)20(24)25/h3-9H,18H2,1-2H3. The Labute approximate surface area is 153 Å². The van der Waals surface area contributed by atoms with Gasteiger partial charge in [-0.1, -0.05) is 0 Å². The van der Waals surface area contributed by atoms with Crippen LogP contribution in [0.2, 0.25) is 0 Å². The molecule has 0 amide bonds. The number of nitro groups is 1. The third kappa shape index (κ3) is 4.86. The van der Waals surface area contributed by atoms with Gasteiger partial charge in [-0.15, -0.1) is 0 Å². The summed E-state index contributed by atoms with van der Waals surface area (Å²) >= 11 is 0. The van der Waals surface area contributed by atoms with Crippen molar-refractivity contribution < 1.29 is 28.9 Å². The average Bonchev–Trinajstić information content (AvgIpc) is 2.60. The lowest BCUT2D eigenvalue weighted by molar-refractivity contribution is -0.496. The zero-order valence-electron chi connectivity index (χ0n) is 14.4. The van der Waals surface area contributed by atoms with Crippen LogP contribution in [0.4, 0.5) is 5.69 Å². The van der Waals surface area contributed by atoms with E-state index in [-0.39, 0.29) is 33.4 Å². The minimum absolute atomic E-state index is 0.0819. The van der Waals surface area contributed by atoms with E-state index in [0.717, 1.165) is 13.0 Å². The number of nitrogens with two attached hydrogens (primary N) is 1. The highest BCUT2D eigenvalue weighted by molar-refractivity contribution is 6.09. The molecule has 0 aliphatic carbocycles. The number of nitrogens with zero attached hydrogens (tertiary/aromatic N) is 2. The van der Waals surface area contributed by atoms with Gasteiger partial charge in [-0.25, -0.2) is 10.1 Å². The van der Waals surface area contributed by atoms with Crippen molar-refractivity contribution in [2.24, 2.45) is 5.84 Å². The Morgan fingerprint density at radius 2 is 1.52 bits per heavy atom. The molecule has 0 saturated carbocycles. The number of benzene rings is 2. The molecule has 10 nitrogen and oxygen atoms in total. The van der Waals surface area contributed by atoms with Crippen LogP contribution in [-0.4, -0.2) is 22.8 Å². The number of anilines is 1. The molecule has 27 heavy (non-hydrogen) atoms. The van der Waals surface area contributed by atoms with E-state index in [2.05, 4.69) is 0 Å². The van der Waals surface area contributed by atoms with Gasteiger partial charge in [-0.3, -0.25) is 14.4 Å². The Morgan fingerprint density at radius 3 is 2.04 bits per heavy atom. The molecule has 140 valence electrons. The van der Waals surface area contributed by atoms with E-state index in [1.807, 2.05) is 0 Å². The van der Waals surface area contributed by atoms with Crippen molar-refractivity contribution >= 4 is 23.4 Å². The minimum atomic E-state index is -0.926. The lowest BCUT2D eigenvalue weighted by Crippen LogP contribution is -2.37. The van der Waals surface area contributed by atoms with Crippen LogP contribution in [0.25, 0.3) is 0 Å². The molecule has 0 radical (unpaired) electrons. The molecule has 2 aromatic carbocycles. The predicted octanol–water partition coefficient (Wildman–Crippen LogP) is 1.64. The van der Waals surface area contributed by atoms with Crippen LogP contribution in [0, 0.1) is 10.1 Å². The second-order valence-electron chi connectivity index (χ2n) is 5.31. The quantitative estimate of drug-likeness (QED) is 0.200. The first-order valence-electron chi connectivity index (χ1n) is 7.54. The lowest BCUT2D eigenvalue weighted by atomic mass is 10.0. The van der Waals surface area contributed by atoms with E-state index in [9.17, 15) is 24.5 Å². The van der Waals surface area contributed by atoms with Crippen LogP contribution in [0.15, 0.2) is 42.5 Å². The molecule has 10 heteroatoms. The SMILES string of the molecule is CC(=O)Oc1ccc(C(=O)c2ccc(OC(C)=O)c(N(N)[N+](=O)[O-])c2)cc1. The number of hydrogen-bond acceptors (Lipinski definition) is 8. The zero-order chi connectivity index (χ0) is 20.1. The molecule has 0 aliphatic heterocycles. The number of ether oxygens (including phenoxy) is 2. The third-order valence-electron chi connectivity index (χ3n) is 3.28. The highest BCUT2D eigenvalue weighted by atomic mass is 16.7. The van der Waals surface area contributed by atoms with Crippen LogP contribution in [0.3, 0.4) is 0 Å². The van der Waals surface area contributed by atoms with Crippen molar-refractivity contribution in [2.45, 2.75) is 13.8 Å². The molecule has 0 fully saturated rings. The summed E-state index contributed by atoms with van der Waals surface area (Å²) in [7, 11) is 0. The van der Waals surface area contributed by atoms with Gasteiger partial charge in [-0.2, -0.15) is 5.84 Å². The Balaban J connectivity index is 2.38. The fraction of sp³-hybridized carbons (Fsp3) is 0.118. The smallest absolute Gasteiger partial charge is 0.308 e. The Kier molecular flexibility index (Phi) is 5.83. The van der Waals surface area contributed by atoms with Gasteiger partial charge in [0.2, 0.25) is 0 Å². The molecule has 0 aromatic heterocycles. The lowest BCUT2D eigenvalue weighted by Gasteiger charge is -2.13. The van der Waals surface area contributed by atoms with Crippen molar-refractivity contribution in [1.29, 1.82) is 0 Å². The number of rotatable bonds is 6. The third-order valence-corrected chi connectivity index (χ3v) is 3.28.